The van der Waals surface area contributed by atoms with Gasteiger partial charge in [0, 0.05) is 13.1 Å². The van der Waals surface area contributed by atoms with E-state index >= 15 is 0 Å². The van der Waals surface area contributed by atoms with Crippen LogP contribution in [0.4, 0.5) is 0 Å². The van der Waals surface area contributed by atoms with E-state index in [1.165, 1.54) is 35.1 Å². The molecule has 2 aliphatic rings. The molecule has 20 heavy (non-hydrogen) atoms. The molecule has 0 aliphatic carbocycles. The lowest BCUT2D eigenvalue weighted by molar-refractivity contribution is 0.644. The highest BCUT2D eigenvalue weighted by atomic mass is 14.9. The molecular weight excluding hydrogens is 244 g/mol. The Hall–Kier alpha value is -1.64. The average molecular weight is 266 g/mol. The van der Waals surface area contributed by atoms with Crippen LogP contribution in [-0.2, 0) is 25.9 Å². The van der Waals surface area contributed by atoms with E-state index in [-0.39, 0.29) is 0 Å². The third kappa shape index (κ3) is 3.27. The molecule has 0 radical (unpaired) electrons. The molecule has 0 aromatic heterocycles. The summed E-state index contributed by atoms with van der Waals surface area (Å²) in [6, 6.07) is 17.3. The monoisotopic (exact) mass is 266 g/mol. The number of fused-ring (bicyclic) bond motifs is 2. The molecule has 2 aliphatic heterocycles. The summed E-state index contributed by atoms with van der Waals surface area (Å²) in [7, 11) is 0. The van der Waals surface area contributed by atoms with Gasteiger partial charge in [-0.1, -0.05) is 48.5 Å². The van der Waals surface area contributed by atoms with Crippen LogP contribution in [0.25, 0.3) is 0 Å². The van der Waals surface area contributed by atoms with Crippen LogP contribution >= 0.6 is 0 Å². The van der Waals surface area contributed by atoms with Gasteiger partial charge in [-0.3, -0.25) is 0 Å². The van der Waals surface area contributed by atoms with E-state index in [1.807, 2.05) is 0 Å². The maximum absolute atomic E-state index is 3.34. The minimum atomic E-state index is 1.05. The van der Waals surface area contributed by atoms with Crippen LogP contribution in [0.3, 0.4) is 0 Å². The first-order chi connectivity index (χ1) is 9.93. The van der Waals surface area contributed by atoms with Gasteiger partial charge in [-0.05, 0) is 48.2 Å². The molecule has 0 atom stereocenters. The summed E-state index contributed by atoms with van der Waals surface area (Å²) in [4.78, 5) is 0. The van der Waals surface area contributed by atoms with Crippen molar-refractivity contribution in [1.82, 2.24) is 10.6 Å². The quantitative estimate of drug-likeness (QED) is 0.766. The zero-order valence-electron chi connectivity index (χ0n) is 11.9. The summed E-state index contributed by atoms with van der Waals surface area (Å²) in [6.07, 6.45) is 2.38. The van der Waals surface area contributed by atoms with Gasteiger partial charge in [0.15, 0.2) is 0 Å². The van der Waals surface area contributed by atoms with E-state index in [9.17, 15) is 0 Å². The van der Waals surface area contributed by atoms with Crippen LogP contribution < -0.4 is 10.6 Å². The standard InChI is InChI=1S/2C9H11N/c2*1-2-4-9-7-10-6-5-8(9)3-1/h2*1-4,10H,5-7H2. The highest BCUT2D eigenvalue weighted by molar-refractivity contribution is 5.29. The molecule has 0 bridgehead atoms. The third-order valence-electron chi connectivity index (χ3n) is 4.01. The van der Waals surface area contributed by atoms with Crippen LogP contribution in [-0.4, -0.2) is 13.1 Å². The van der Waals surface area contributed by atoms with Gasteiger partial charge < -0.3 is 10.6 Å². The van der Waals surface area contributed by atoms with Crippen LogP contribution in [0, 0.1) is 0 Å². The zero-order chi connectivity index (χ0) is 13.6. The van der Waals surface area contributed by atoms with Gasteiger partial charge in [-0.25, -0.2) is 0 Å². The maximum atomic E-state index is 3.34. The molecule has 0 spiro atoms. The molecule has 104 valence electrons. The van der Waals surface area contributed by atoms with Crippen LogP contribution in [0.15, 0.2) is 48.5 Å². The smallest absolute Gasteiger partial charge is 0.0208 e. The number of nitrogens with one attached hydrogen (secondary N) is 2. The SMILES string of the molecule is c1ccc2c(c1)CCNC2.c1ccc2c(c1)CCNC2. The second-order valence-electron chi connectivity index (χ2n) is 5.39. The molecular formula is C18H22N2. The Morgan fingerprint density at radius 1 is 0.550 bits per heavy atom. The van der Waals surface area contributed by atoms with Gasteiger partial charge in [0.1, 0.15) is 0 Å². The second-order valence-corrected chi connectivity index (χ2v) is 5.39. The fourth-order valence-electron chi connectivity index (χ4n) is 2.84. The number of hydrogen-bond acceptors (Lipinski definition) is 2. The summed E-state index contributed by atoms with van der Waals surface area (Å²) >= 11 is 0. The van der Waals surface area contributed by atoms with Gasteiger partial charge in [-0.2, -0.15) is 0 Å². The Morgan fingerprint density at radius 2 is 0.950 bits per heavy atom. The minimum absolute atomic E-state index is 1.05. The van der Waals surface area contributed by atoms with E-state index in [1.54, 1.807) is 0 Å². The van der Waals surface area contributed by atoms with Gasteiger partial charge in [0.25, 0.3) is 0 Å². The average Bonchev–Trinajstić information content (AvgIpc) is 2.56. The largest absolute Gasteiger partial charge is 0.312 e. The second kappa shape index (κ2) is 6.69. The van der Waals surface area contributed by atoms with Gasteiger partial charge in [-0.15, -0.1) is 0 Å². The first kappa shape index (κ1) is 13.3. The Morgan fingerprint density at radius 3 is 1.35 bits per heavy atom. The molecule has 2 N–H and O–H groups in total. The maximum Gasteiger partial charge on any atom is 0.0208 e. The van der Waals surface area contributed by atoms with Crippen molar-refractivity contribution in [1.29, 1.82) is 0 Å². The molecule has 2 nitrogen and oxygen atoms in total. The molecule has 0 unspecified atom stereocenters. The molecule has 2 heterocycles. The van der Waals surface area contributed by atoms with E-state index in [4.69, 9.17) is 0 Å². The zero-order valence-corrected chi connectivity index (χ0v) is 11.9. The summed E-state index contributed by atoms with van der Waals surface area (Å²) < 4.78 is 0. The lowest BCUT2D eigenvalue weighted by Crippen LogP contribution is -2.23. The van der Waals surface area contributed by atoms with Crippen molar-refractivity contribution >= 4 is 0 Å². The molecule has 0 amide bonds. The van der Waals surface area contributed by atoms with Gasteiger partial charge in [0.2, 0.25) is 0 Å². The Balaban J connectivity index is 0.000000121. The van der Waals surface area contributed by atoms with Crippen molar-refractivity contribution in [2.24, 2.45) is 0 Å². The van der Waals surface area contributed by atoms with Gasteiger partial charge in [0.05, 0.1) is 0 Å². The minimum Gasteiger partial charge on any atom is -0.312 e. The number of benzene rings is 2. The number of rotatable bonds is 0. The summed E-state index contributed by atoms with van der Waals surface area (Å²) in [5, 5.41) is 6.68. The molecule has 0 fully saturated rings. The Kier molecular flexibility index (Phi) is 4.46. The van der Waals surface area contributed by atoms with E-state index in [0.29, 0.717) is 0 Å². The first-order valence-electron chi connectivity index (χ1n) is 7.48. The van der Waals surface area contributed by atoms with Crippen LogP contribution in [0.5, 0.6) is 0 Å². The predicted molar refractivity (Wildman–Crippen MR) is 83.7 cm³/mol. The van der Waals surface area contributed by atoms with Crippen molar-refractivity contribution in [3.63, 3.8) is 0 Å². The van der Waals surface area contributed by atoms with Crippen LogP contribution in [0.2, 0.25) is 0 Å². The molecule has 2 heteroatoms. The lowest BCUT2D eigenvalue weighted by atomic mass is 10.0. The highest BCUT2D eigenvalue weighted by Crippen LogP contribution is 2.12. The number of hydrogen-bond donors (Lipinski definition) is 2. The van der Waals surface area contributed by atoms with Crippen molar-refractivity contribution < 1.29 is 0 Å². The topological polar surface area (TPSA) is 24.1 Å². The van der Waals surface area contributed by atoms with Crippen molar-refractivity contribution in [2.75, 3.05) is 13.1 Å². The van der Waals surface area contributed by atoms with E-state index in [0.717, 1.165) is 26.2 Å². The fraction of sp³-hybridized carbons (Fsp3) is 0.333. The molecule has 2 aromatic rings. The summed E-state index contributed by atoms with van der Waals surface area (Å²) in [5.74, 6) is 0. The molecule has 4 rings (SSSR count). The molecule has 2 aromatic carbocycles. The first-order valence-corrected chi connectivity index (χ1v) is 7.48. The Labute approximate surface area is 121 Å². The normalized spacial score (nSPS) is 16.4. The predicted octanol–water partition coefficient (Wildman–Crippen LogP) is 2.66. The van der Waals surface area contributed by atoms with Gasteiger partial charge >= 0.3 is 0 Å². The van der Waals surface area contributed by atoms with Crippen molar-refractivity contribution in [2.45, 2.75) is 25.9 Å². The van der Waals surface area contributed by atoms with Crippen molar-refractivity contribution in [3.05, 3.63) is 70.8 Å². The van der Waals surface area contributed by atoms with E-state index in [2.05, 4.69) is 59.2 Å². The Bertz CT molecular complexity index is 461. The van der Waals surface area contributed by atoms with Crippen molar-refractivity contribution in [3.8, 4) is 0 Å². The van der Waals surface area contributed by atoms with E-state index < -0.39 is 0 Å². The fourth-order valence-corrected chi connectivity index (χ4v) is 2.84. The molecule has 0 saturated heterocycles. The summed E-state index contributed by atoms with van der Waals surface area (Å²) in [6.45, 7) is 4.38. The molecule has 0 saturated carbocycles. The highest BCUT2D eigenvalue weighted by Gasteiger charge is 2.05. The third-order valence-corrected chi connectivity index (χ3v) is 4.01. The van der Waals surface area contributed by atoms with Crippen LogP contribution in [0.1, 0.15) is 22.3 Å². The lowest BCUT2D eigenvalue weighted by Gasteiger charge is -2.15. The summed E-state index contributed by atoms with van der Waals surface area (Å²) in [5.41, 5.74) is 5.96.